The molecule has 0 radical (unpaired) electrons. The lowest BCUT2D eigenvalue weighted by atomic mass is 9.95. The average Bonchev–Trinajstić information content (AvgIpc) is 2.18. The van der Waals surface area contributed by atoms with Crippen molar-refractivity contribution in [3.63, 3.8) is 0 Å². The van der Waals surface area contributed by atoms with Crippen LogP contribution in [-0.4, -0.2) is 5.91 Å². The molecule has 1 aromatic rings. The van der Waals surface area contributed by atoms with Crippen LogP contribution in [0.4, 0.5) is 0 Å². The fourth-order valence-electron chi connectivity index (χ4n) is 1.81. The van der Waals surface area contributed by atoms with Crippen LogP contribution in [0.3, 0.4) is 0 Å². The van der Waals surface area contributed by atoms with Gasteiger partial charge >= 0.3 is 0 Å². The molecular weight excluding hydrogens is 254 g/mol. The molecule has 1 aliphatic rings. The summed E-state index contributed by atoms with van der Waals surface area (Å²) in [4.78, 5) is 11.0. The van der Waals surface area contributed by atoms with E-state index < -0.39 is 0 Å². The summed E-state index contributed by atoms with van der Waals surface area (Å²) in [6, 6.07) is 6.19. The molecule has 2 nitrogen and oxygen atoms in total. The van der Waals surface area contributed by atoms with E-state index in [-0.39, 0.29) is 5.91 Å². The molecule has 15 heavy (non-hydrogen) atoms. The summed E-state index contributed by atoms with van der Waals surface area (Å²) >= 11 is 3.44. The molecule has 0 atom stereocenters. The molecule has 0 unspecified atom stereocenters. The van der Waals surface area contributed by atoms with Gasteiger partial charge in [0.2, 0.25) is 5.91 Å². The quantitative estimate of drug-likeness (QED) is 0.832. The minimum absolute atomic E-state index is 0.0194. The number of halogens is 1. The van der Waals surface area contributed by atoms with Crippen molar-refractivity contribution in [1.29, 1.82) is 0 Å². The van der Waals surface area contributed by atoms with Crippen molar-refractivity contribution in [3.05, 3.63) is 39.9 Å². The third kappa shape index (κ3) is 2.29. The topological polar surface area (TPSA) is 29.1 Å². The van der Waals surface area contributed by atoms with Crippen LogP contribution in [0.2, 0.25) is 0 Å². The summed E-state index contributed by atoms with van der Waals surface area (Å²) < 4.78 is 1.04. The van der Waals surface area contributed by atoms with E-state index in [4.69, 9.17) is 0 Å². The third-order valence-corrected chi connectivity index (χ3v) is 2.93. The first kappa shape index (κ1) is 10.4. The highest BCUT2D eigenvalue weighted by Gasteiger charge is 2.13. The maximum absolute atomic E-state index is 11.0. The third-order valence-electron chi connectivity index (χ3n) is 2.43. The highest BCUT2D eigenvalue weighted by atomic mass is 79.9. The number of aryl methyl sites for hydroxylation is 1. The number of amides is 1. The number of fused-ring (bicyclic) bond motifs is 1. The van der Waals surface area contributed by atoms with Crippen molar-refractivity contribution in [2.75, 3.05) is 0 Å². The number of benzene rings is 1. The number of hydrogen-bond acceptors (Lipinski definition) is 1. The molecule has 1 aliphatic carbocycles. The van der Waals surface area contributed by atoms with Gasteiger partial charge in [0, 0.05) is 22.7 Å². The van der Waals surface area contributed by atoms with Crippen molar-refractivity contribution in [2.45, 2.75) is 19.8 Å². The molecule has 0 fully saturated rings. The Kier molecular flexibility index (Phi) is 2.91. The Morgan fingerprint density at radius 1 is 1.47 bits per heavy atom. The first-order valence-electron chi connectivity index (χ1n) is 4.93. The number of nitrogens with one attached hydrogen (secondary N) is 1. The molecule has 78 valence electrons. The molecule has 1 N–H and O–H groups in total. The smallest absolute Gasteiger partial charge is 0.221 e. The number of rotatable bonds is 1. The Balaban J connectivity index is 2.40. The standard InChI is InChI=1S/C12H12BrNO/c1-8(15)14-12-4-2-3-9-5-6-10(13)7-11(9)12/h4-7H,2-3H2,1H3,(H,14,15). The average molecular weight is 266 g/mol. The minimum atomic E-state index is -0.0194. The Morgan fingerprint density at radius 3 is 3.00 bits per heavy atom. The van der Waals surface area contributed by atoms with Crippen LogP contribution in [-0.2, 0) is 11.2 Å². The lowest BCUT2D eigenvalue weighted by molar-refractivity contribution is -0.117. The summed E-state index contributed by atoms with van der Waals surface area (Å²) in [7, 11) is 0. The van der Waals surface area contributed by atoms with Crippen LogP contribution in [0, 0.1) is 0 Å². The molecule has 1 amide bonds. The van der Waals surface area contributed by atoms with E-state index in [9.17, 15) is 4.79 Å². The molecule has 0 spiro atoms. The van der Waals surface area contributed by atoms with Crippen LogP contribution >= 0.6 is 15.9 Å². The van der Waals surface area contributed by atoms with Gasteiger partial charge in [0.05, 0.1) is 0 Å². The van der Waals surface area contributed by atoms with Crippen LogP contribution < -0.4 is 5.32 Å². The summed E-state index contributed by atoms with van der Waals surface area (Å²) in [5.74, 6) is -0.0194. The van der Waals surface area contributed by atoms with Gasteiger partial charge in [0.25, 0.3) is 0 Å². The first-order chi connectivity index (χ1) is 7.16. The van der Waals surface area contributed by atoms with Gasteiger partial charge in [-0.25, -0.2) is 0 Å². The maximum Gasteiger partial charge on any atom is 0.221 e. The largest absolute Gasteiger partial charge is 0.326 e. The van der Waals surface area contributed by atoms with Crippen LogP contribution in [0.25, 0.3) is 5.70 Å². The van der Waals surface area contributed by atoms with Gasteiger partial charge in [-0.1, -0.05) is 28.1 Å². The van der Waals surface area contributed by atoms with Gasteiger partial charge in [-0.15, -0.1) is 0 Å². The Bertz CT molecular complexity index is 437. The minimum Gasteiger partial charge on any atom is -0.326 e. The Morgan fingerprint density at radius 2 is 2.27 bits per heavy atom. The normalized spacial score (nSPS) is 14.1. The predicted molar refractivity (Wildman–Crippen MR) is 64.3 cm³/mol. The van der Waals surface area contributed by atoms with E-state index in [0.717, 1.165) is 28.6 Å². The summed E-state index contributed by atoms with van der Waals surface area (Å²) in [5, 5.41) is 2.87. The summed E-state index contributed by atoms with van der Waals surface area (Å²) in [6.07, 6.45) is 4.12. The second-order valence-electron chi connectivity index (χ2n) is 3.64. The van der Waals surface area contributed by atoms with Gasteiger partial charge in [-0.3, -0.25) is 4.79 Å². The second kappa shape index (κ2) is 4.19. The zero-order chi connectivity index (χ0) is 10.8. The molecule has 3 heteroatoms. The van der Waals surface area contributed by atoms with Gasteiger partial charge in [-0.05, 0) is 30.5 Å². The monoisotopic (exact) mass is 265 g/mol. The van der Waals surface area contributed by atoms with Gasteiger partial charge in [-0.2, -0.15) is 0 Å². The summed E-state index contributed by atoms with van der Waals surface area (Å²) in [5.41, 5.74) is 3.36. The number of hydrogen-bond donors (Lipinski definition) is 1. The molecule has 0 aromatic heterocycles. The maximum atomic E-state index is 11.0. The van der Waals surface area contributed by atoms with E-state index in [1.54, 1.807) is 0 Å². The van der Waals surface area contributed by atoms with Crippen molar-refractivity contribution >= 4 is 27.5 Å². The Labute approximate surface area is 97.5 Å². The van der Waals surface area contributed by atoms with E-state index in [1.165, 1.54) is 12.5 Å². The number of carbonyl (C=O) groups is 1. The van der Waals surface area contributed by atoms with Crippen molar-refractivity contribution in [3.8, 4) is 0 Å². The van der Waals surface area contributed by atoms with E-state index in [1.807, 2.05) is 6.07 Å². The molecular formula is C12H12BrNO. The zero-order valence-electron chi connectivity index (χ0n) is 8.51. The molecule has 2 rings (SSSR count). The zero-order valence-corrected chi connectivity index (χ0v) is 10.1. The lowest BCUT2D eigenvalue weighted by Gasteiger charge is -2.18. The molecule has 0 saturated heterocycles. The van der Waals surface area contributed by atoms with Crippen LogP contribution in [0.1, 0.15) is 24.5 Å². The number of allylic oxidation sites excluding steroid dienone is 1. The van der Waals surface area contributed by atoms with E-state index in [0.29, 0.717) is 0 Å². The molecule has 1 aromatic carbocycles. The van der Waals surface area contributed by atoms with E-state index >= 15 is 0 Å². The van der Waals surface area contributed by atoms with Gasteiger partial charge in [0.15, 0.2) is 0 Å². The van der Waals surface area contributed by atoms with Crippen LogP contribution in [0.5, 0.6) is 0 Å². The molecule has 0 aliphatic heterocycles. The second-order valence-corrected chi connectivity index (χ2v) is 4.55. The van der Waals surface area contributed by atoms with Crippen molar-refractivity contribution < 1.29 is 4.79 Å². The van der Waals surface area contributed by atoms with Gasteiger partial charge in [0.1, 0.15) is 0 Å². The fraction of sp³-hybridized carbons (Fsp3) is 0.250. The lowest BCUT2D eigenvalue weighted by Crippen LogP contribution is -2.20. The SMILES string of the molecule is CC(=O)NC1=CCCc2ccc(Br)cc21. The highest BCUT2D eigenvalue weighted by molar-refractivity contribution is 9.10. The Hall–Kier alpha value is -1.09. The molecule has 0 saturated carbocycles. The molecule has 0 heterocycles. The highest BCUT2D eigenvalue weighted by Crippen LogP contribution is 2.27. The van der Waals surface area contributed by atoms with Crippen molar-refractivity contribution in [1.82, 2.24) is 5.32 Å². The summed E-state index contributed by atoms with van der Waals surface area (Å²) in [6.45, 7) is 1.53. The van der Waals surface area contributed by atoms with Crippen molar-refractivity contribution in [2.24, 2.45) is 0 Å². The molecule has 0 bridgehead atoms. The fourth-order valence-corrected chi connectivity index (χ4v) is 2.17. The number of carbonyl (C=O) groups excluding carboxylic acids is 1. The predicted octanol–water partition coefficient (Wildman–Crippen LogP) is 2.87. The van der Waals surface area contributed by atoms with Crippen LogP contribution in [0.15, 0.2) is 28.7 Å². The first-order valence-corrected chi connectivity index (χ1v) is 5.72. The van der Waals surface area contributed by atoms with Gasteiger partial charge < -0.3 is 5.32 Å². The van der Waals surface area contributed by atoms with E-state index in [2.05, 4.69) is 39.5 Å².